The first kappa shape index (κ1) is 25.2. The Bertz CT molecular complexity index is 1230. The van der Waals surface area contributed by atoms with Crippen LogP contribution in [0.2, 0.25) is 0 Å². The van der Waals surface area contributed by atoms with E-state index < -0.39 is 23.9 Å². The zero-order chi connectivity index (χ0) is 25.0. The second-order valence-corrected chi connectivity index (χ2v) is 9.03. The molecule has 3 aromatic rings. The maximum Gasteiger partial charge on any atom is 0.341 e. The van der Waals surface area contributed by atoms with Crippen LogP contribution in [0.15, 0.2) is 29.4 Å². The van der Waals surface area contributed by atoms with E-state index in [1.807, 2.05) is 0 Å². The number of carbonyl (C=O) groups excluding carboxylic acids is 3. The quantitative estimate of drug-likeness (QED) is 0.333. The van der Waals surface area contributed by atoms with Crippen molar-refractivity contribution in [3.63, 3.8) is 0 Å². The molecule has 0 aliphatic rings. The van der Waals surface area contributed by atoms with Gasteiger partial charge in [0.15, 0.2) is 17.1 Å². The van der Waals surface area contributed by atoms with E-state index in [0.29, 0.717) is 22.3 Å². The third kappa shape index (κ3) is 5.54. The van der Waals surface area contributed by atoms with Gasteiger partial charge in [-0.15, -0.1) is 21.5 Å². The fourth-order valence-corrected chi connectivity index (χ4v) is 4.83. The van der Waals surface area contributed by atoms with Gasteiger partial charge in [0.25, 0.3) is 5.91 Å². The first-order valence-electron chi connectivity index (χ1n) is 9.88. The first-order chi connectivity index (χ1) is 16.1. The van der Waals surface area contributed by atoms with E-state index in [-0.39, 0.29) is 27.0 Å². The maximum absolute atomic E-state index is 13.1. The molecule has 10 nitrogen and oxygen atoms in total. The zero-order valence-electron chi connectivity index (χ0n) is 18.7. The van der Waals surface area contributed by atoms with Crippen LogP contribution in [0.1, 0.15) is 44.4 Å². The molecule has 2 aromatic heterocycles. The number of hydrogen-bond acceptors (Lipinski definition) is 9. The molecule has 0 spiro atoms. The van der Waals surface area contributed by atoms with Gasteiger partial charge < -0.3 is 25.1 Å². The molecule has 3 rings (SSSR count). The molecule has 2 amide bonds. The van der Waals surface area contributed by atoms with Crippen LogP contribution in [0.25, 0.3) is 0 Å². The summed E-state index contributed by atoms with van der Waals surface area (Å²) in [5.74, 6) is -1.22. The highest BCUT2D eigenvalue weighted by Crippen LogP contribution is 2.33. The second kappa shape index (κ2) is 10.7. The number of methoxy groups -OCH3 is 1. The van der Waals surface area contributed by atoms with Crippen molar-refractivity contribution in [2.75, 3.05) is 18.2 Å². The normalized spacial score (nSPS) is 11.7. The molecule has 0 bridgehead atoms. The van der Waals surface area contributed by atoms with Gasteiger partial charge in [0.05, 0.1) is 23.3 Å². The summed E-state index contributed by atoms with van der Waals surface area (Å²) in [5, 5.41) is 11.5. The molecule has 34 heavy (non-hydrogen) atoms. The zero-order valence-corrected chi connectivity index (χ0v) is 20.4. The van der Waals surface area contributed by atoms with Crippen LogP contribution in [-0.4, -0.2) is 45.4 Å². The minimum atomic E-state index is -0.703. The Labute approximate surface area is 202 Å². The topological polar surface area (TPSA) is 138 Å². The number of carbonyl (C=O) groups is 3. The van der Waals surface area contributed by atoms with E-state index in [1.54, 1.807) is 25.5 Å². The number of hydrogen-bond donors (Lipinski definition) is 2. The lowest BCUT2D eigenvalue weighted by Gasteiger charge is -2.14. The number of primary amides is 1. The van der Waals surface area contributed by atoms with Crippen molar-refractivity contribution < 1.29 is 28.2 Å². The fraction of sp³-hybridized carbons (Fsp3) is 0.286. The van der Waals surface area contributed by atoms with Crippen molar-refractivity contribution in [1.29, 1.82) is 0 Å². The minimum absolute atomic E-state index is 0.0390. The lowest BCUT2D eigenvalue weighted by atomic mass is 10.1. The monoisotopic (exact) mass is 507 g/mol. The Hall–Kier alpha value is -3.45. The molecule has 0 aliphatic heterocycles. The van der Waals surface area contributed by atoms with Gasteiger partial charge in [-0.3, -0.25) is 9.59 Å². The van der Waals surface area contributed by atoms with Gasteiger partial charge in [-0.05, 0) is 43.7 Å². The summed E-state index contributed by atoms with van der Waals surface area (Å²) in [6.45, 7) is 3.34. The summed E-state index contributed by atoms with van der Waals surface area (Å²) >= 11 is 2.04. The molecule has 1 atom stereocenters. The molecule has 0 aliphatic carbocycles. The number of nitrogens with zero attached hydrogens (tertiary/aromatic N) is 3. The van der Waals surface area contributed by atoms with Crippen LogP contribution in [0.3, 0.4) is 0 Å². The van der Waals surface area contributed by atoms with Crippen LogP contribution in [-0.2, 0) is 16.6 Å². The summed E-state index contributed by atoms with van der Waals surface area (Å²) in [4.78, 5) is 36.5. The Kier molecular flexibility index (Phi) is 7.89. The molecule has 0 saturated heterocycles. The van der Waals surface area contributed by atoms with Gasteiger partial charge in [-0.1, -0.05) is 11.8 Å². The summed E-state index contributed by atoms with van der Waals surface area (Å²) in [7, 11) is 2.94. The molecule has 2 heterocycles. The van der Waals surface area contributed by atoms with E-state index in [0.717, 1.165) is 23.1 Å². The molecule has 1 unspecified atom stereocenters. The molecule has 0 fully saturated rings. The highest BCUT2D eigenvalue weighted by molar-refractivity contribution is 7.99. The largest absolute Gasteiger partial charge is 0.483 e. The van der Waals surface area contributed by atoms with E-state index in [9.17, 15) is 18.8 Å². The van der Waals surface area contributed by atoms with Crippen molar-refractivity contribution >= 4 is 45.9 Å². The highest BCUT2D eigenvalue weighted by Gasteiger charge is 2.25. The Morgan fingerprint density at radius 3 is 2.56 bits per heavy atom. The number of benzene rings is 1. The third-order valence-corrected chi connectivity index (χ3v) is 6.95. The Balaban J connectivity index is 1.66. The van der Waals surface area contributed by atoms with Gasteiger partial charge in [-0.2, -0.15) is 0 Å². The molecule has 13 heteroatoms. The number of esters is 1. The number of thioether (sulfide) groups is 1. The molecule has 3 N–H and O–H groups in total. The van der Waals surface area contributed by atoms with Gasteiger partial charge >= 0.3 is 5.97 Å². The number of thiophene rings is 1. The van der Waals surface area contributed by atoms with E-state index in [4.69, 9.17) is 15.2 Å². The van der Waals surface area contributed by atoms with E-state index in [2.05, 4.69) is 15.5 Å². The lowest BCUT2D eigenvalue weighted by molar-refractivity contribution is -0.113. The SMILES string of the molecule is COC(=O)c1c(NC(=O)CSc2nnc(C(C)Oc3ccc(F)cc3)n2C)sc(C(N)=O)c1C. The standard InChI is InChI=1S/C21H22FN5O5S2/c1-10-15(20(30)31-4)19(34-16(10)17(23)29)24-14(28)9-33-21-26-25-18(27(21)3)11(2)32-13-7-5-12(22)6-8-13/h5-8,11H,9H2,1-4H3,(H2,23,29)(H,24,28). The fourth-order valence-electron chi connectivity index (χ4n) is 3.05. The van der Waals surface area contributed by atoms with Crippen LogP contribution < -0.4 is 15.8 Å². The smallest absolute Gasteiger partial charge is 0.341 e. The highest BCUT2D eigenvalue weighted by atomic mass is 32.2. The van der Waals surface area contributed by atoms with Gasteiger partial charge in [0.1, 0.15) is 16.6 Å². The van der Waals surface area contributed by atoms with Crippen LogP contribution in [0.5, 0.6) is 5.75 Å². The first-order valence-corrected chi connectivity index (χ1v) is 11.7. The molecule has 180 valence electrons. The Morgan fingerprint density at radius 2 is 1.94 bits per heavy atom. The number of halogens is 1. The molecule has 0 saturated carbocycles. The Morgan fingerprint density at radius 1 is 1.26 bits per heavy atom. The molecular weight excluding hydrogens is 485 g/mol. The van der Waals surface area contributed by atoms with Gasteiger partial charge in [0, 0.05) is 7.05 Å². The van der Waals surface area contributed by atoms with E-state index >= 15 is 0 Å². The predicted octanol–water partition coefficient (Wildman–Crippen LogP) is 3.08. The summed E-state index contributed by atoms with van der Waals surface area (Å²) in [6.07, 6.45) is -0.477. The number of rotatable bonds is 9. The van der Waals surface area contributed by atoms with Gasteiger partial charge in [0.2, 0.25) is 5.91 Å². The molecule has 0 radical (unpaired) electrons. The van der Waals surface area contributed by atoms with Crippen LogP contribution in [0, 0.1) is 12.7 Å². The molecular formula is C21H22FN5O5S2. The lowest BCUT2D eigenvalue weighted by Crippen LogP contribution is -2.16. The van der Waals surface area contributed by atoms with Crippen molar-refractivity contribution in [3.8, 4) is 5.75 Å². The third-order valence-electron chi connectivity index (χ3n) is 4.70. The molecule has 1 aromatic carbocycles. The van der Waals surface area contributed by atoms with Crippen molar-refractivity contribution in [2.45, 2.75) is 25.1 Å². The van der Waals surface area contributed by atoms with Crippen molar-refractivity contribution in [1.82, 2.24) is 14.8 Å². The number of nitrogens with one attached hydrogen (secondary N) is 1. The van der Waals surface area contributed by atoms with Crippen LogP contribution in [0.4, 0.5) is 9.39 Å². The average Bonchev–Trinajstić information content (AvgIpc) is 3.32. The maximum atomic E-state index is 13.1. The van der Waals surface area contributed by atoms with E-state index in [1.165, 1.54) is 31.4 Å². The number of anilines is 1. The van der Waals surface area contributed by atoms with Gasteiger partial charge in [-0.25, -0.2) is 9.18 Å². The number of aromatic nitrogens is 3. The number of amides is 2. The van der Waals surface area contributed by atoms with Crippen molar-refractivity contribution in [2.24, 2.45) is 12.8 Å². The summed E-state index contributed by atoms with van der Waals surface area (Å²) < 4.78 is 25.3. The summed E-state index contributed by atoms with van der Waals surface area (Å²) in [6, 6.07) is 5.62. The second-order valence-electron chi connectivity index (χ2n) is 7.07. The average molecular weight is 508 g/mol. The predicted molar refractivity (Wildman–Crippen MR) is 125 cm³/mol. The minimum Gasteiger partial charge on any atom is -0.483 e. The summed E-state index contributed by atoms with van der Waals surface area (Å²) in [5.41, 5.74) is 5.80. The van der Waals surface area contributed by atoms with Crippen molar-refractivity contribution in [3.05, 3.63) is 51.9 Å². The number of nitrogens with two attached hydrogens (primary N) is 1. The number of ether oxygens (including phenoxy) is 2. The van der Waals surface area contributed by atoms with Crippen LogP contribution >= 0.6 is 23.1 Å².